The molecular formula is C29H30BrN3O4. The average molecular weight is 564 g/mol. The number of imide groups is 2. The predicted octanol–water partition coefficient (Wildman–Crippen LogP) is 5.89. The van der Waals surface area contributed by atoms with Gasteiger partial charge in [0.05, 0.1) is 6.54 Å². The molecule has 8 heteroatoms. The number of nitrogens with one attached hydrogen (secondary N) is 1. The van der Waals surface area contributed by atoms with E-state index in [2.05, 4.69) is 39.7 Å². The molecule has 2 heterocycles. The van der Waals surface area contributed by atoms with Gasteiger partial charge in [-0.1, -0.05) is 41.3 Å². The molecule has 2 aliphatic rings. The molecule has 3 aromatic rings. The third kappa shape index (κ3) is 5.21. The SMILES string of the molecule is Cc1ccc(OCCn2cc(/C=C3\C(=O)NC(=O)N(C4CCCCC4)C3=O)c3cc(Br)ccc32)cc1C. The summed E-state index contributed by atoms with van der Waals surface area (Å²) < 4.78 is 8.95. The molecule has 1 saturated heterocycles. The van der Waals surface area contributed by atoms with Crippen LogP contribution in [-0.2, 0) is 16.1 Å². The van der Waals surface area contributed by atoms with Crippen LogP contribution in [0.3, 0.4) is 0 Å². The molecule has 37 heavy (non-hydrogen) atoms. The maximum Gasteiger partial charge on any atom is 0.331 e. The van der Waals surface area contributed by atoms with Gasteiger partial charge in [0, 0.05) is 33.2 Å². The Labute approximate surface area is 224 Å². The summed E-state index contributed by atoms with van der Waals surface area (Å²) >= 11 is 3.54. The highest BCUT2D eigenvalue weighted by Gasteiger charge is 2.40. The Kier molecular flexibility index (Phi) is 7.20. The molecule has 0 bridgehead atoms. The lowest BCUT2D eigenvalue weighted by Gasteiger charge is -2.35. The van der Waals surface area contributed by atoms with Gasteiger partial charge in [0.15, 0.2) is 0 Å². The molecule has 0 spiro atoms. The van der Waals surface area contributed by atoms with Crippen LogP contribution in [0.1, 0.15) is 48.8 Å². The first kappa shape index (κ1) is 25.3. The van der Waals surface area contributed by atoms with E-state index in [1.54, 1.807) is 6.08 Å². The van der Waals surface area contributed by atoms with E-state index in [4.69, 9.17) is 4.74 Å². The van der Waals surface area contributed by atoms with Crippen LogP contribution in [0.25, 0.3) is 17.0 Å². The highest BCUT2D eigenvalue weighted by atomic mass is 79.9. The highest BCUT2D eigenvalue weighted by Crippen LogP contribution is 2.30. The Balaban J connectivity index is 1.43. The van der Waals surface area contributed by atoms with Gasteiger partial charge < -0.3 is 9.30 Å². The molecule has 1 aliphatic heterocycles. The number of fused-ring (bicyclic) bond motifs is 1. The summed E-state index contributed by atoms with van der Waals surface area (Å²) in [6.45, 7) is 5.18. The zero-order valence-electron chi connectivity index (χ0n) is 21.1. The van der Waals surface area contributed by atoms with E-state index in [-0.39, 0.29) is 11.6 Å². The number of halogens is 1. The Morgan fingerprint density at radius 3 is 2.57 bits per heavy atom. The minimum atomic E-state index is -0.656. The van der Waals surface area contributed by atoms with E-state index < -0.39 is 17.8 Å². The molecule has 5 rings (SSSR count). The van der Waals surface area contributed by atoms with E-state index in [0.717, 1.165) is 58.8 Å². The summed E-state index contributed by atoms with van der Waals surface area (Å²) in [5.41, 5.74) is 4.08. The first-order valence-corrected chi connectivity index (χ1v) is 13.5. The number of carbonyl (C=O) groups is 3. The van der Waals surface area contributed by atoms with Crippen LogP contribution < -0.4 is 10.1 Å². The summed E-state index contributed by atoms with van der Waals surface area (Å²) in [6, 6.07) is 11.2. The molecule has 1 N–H and O–H groups in total. The van der Waals surface area contributed by atoms with Crippen molar-refractivity contribution in [1.29, 1.82) is 0 Å². The van der Waals surface area contributed by atoms with Gasteiger partial charge in [-0.15, -0.1) is 0 Å². The fourth-order valence-corrected chi connectivity index (χ4v) is 5.52. The second-order valence-electron chi connectivity index (χ2n) is 9.82. The average Bonchev–Trinajstić information content (AvgIpc) is 3.20. The van der Waals surface area contributed by atoms with E-state index in [0.29, 0.717) is 13.2 Å². The fourth-order valence-electron chi connectivity index (χ4n) is 5.16. The monoisotopic (exact) mass is 563 g/mol. The largest absolute Gasteiger partial charge is 0.492 e. The lowest BCUT2D eigenvalue weighted by molar-refractivity contribution is -0.132. The molecule has 1 aromatic heterocycles. The summed E-state index contributed by atoms with van der Waals surface area (Å²) in [4.78, 5) is 40.0. The molecule has 1 saturated carbocycles. The molecular weight excluding hydrogens is 534 g/mol. The van der Waals surface area contributed by atoms with Gasteiger partial charge in [-0.3, -0.25) is 19.8 Å². The van der Waals surface area contributed by atoms with E-state index >= 15 is 0 Å². The minimum Gasteiger partial charge on any atom is -0.492 e. The second kappa shape index (κ2) is 10.5. The maximum atomic E-state index is 13.4. The summed E-state index contributed by atoms with van der Waals surface area (Å²) in [7, 11) is 0. The van der Waals surface area contributed by atoms with Gasteiger partial charge in [-0.2, -0.15) is 0 Å². The number of benzene rings is 2. The first-order chi connectivity index (χ1) is 17.8. The fraction of sp³-hybridized carbons (Fsp3) is 0.345. The first-order valence-electron chi connectivity index (χ1n) is 12.7. The van der Waals surface area contributed by atoms with Crippen LogP contribution in [-0.4, -0.2) is 40.0 Å². The molecule has 0 unspecified atom stereocenters. The molecule has 0 atom stereocenters. The standard InChI is InChI=1S/C29H30BrN3O4/c1-18-8-10-23(14-19(18)2)37-13-12-32-17-20(24-16-21(30)9-11-26(24)32)15-25-27(34)31-29(36)33(28(25)35)22-6-4-3-5-7-22/h8-11,14-17,22H,3-7,12-13H2,1-2H3,(H,31,34,36)/b25-15+. The summed E-state index contributed by atoms with van der Waals surface area (Å²) in [6.07, 6.45) is 8.12. The Morgan fingerprint density at radius 2 is 1.81 bits per heavy atom. The number of hydrogen-bond acceptors (Lipinski definition) is 4. The number of rotatable bonds is 6. The number of nitrogens with zero attached hydrogens (tertiary/aromatic N) is 2. The lowest BCUT2D eigenvalue weighted by atomic mass is 9.93. The predicted molar refractivity (Wildman–Crippen MR) is 146 cm³/mol. The number of aromatic nitrogens is 1. The smallest absolute Gasteiger partial charge is 0.331 e. The molecule has 2 fully saturated rings. The van der Waals surface area contributed by atoms with Crippen molar-refractivity contribution < 1.29 is 19.1 Å². The van der Waals surface area contributed by atoms with Crippen molar-refractivity contribution in [2.45, 2.75) is 58.5 Å². The van der Waals surface area contributed by atoms with Gasteiger partial charge in [0.2, 0.25) is 0 Å². The van der Waals surface area contributed by atoms with Crippen LogP contribution in [0, 0.1) is 13.8 Å². The van der Waals surface area contributed by atoms with Crippen molar-refractivity contribution >= 4 is 50.8 Å². The second-order valence-corrected chi connectivity index (χ2v) is 10.7. The molecule has 2 aromatic carbocycles. The summed E-state index contributed by atoms with van der Waals surface area (Å²) in [5, 5.41) is 3.28. The third-order valence-electron chi connectivity index (χ3n) is 7.33. The highest BCUT2D eigenvalue weighted by molar-refractivity contribution is 9.10. The Bertz CT molecular complexity index is 1420. The molecule has 4 amide bonds. The van der Waals surface area contributed by atoms with Crippen LogP contribution in [0.5, 0.6) is 5.75 Å². The molecule has 192 valence electrons. The number of urea groups is 1. The number of ether oxygens (including phenoxy) is 1. The van der Waals surface area contributed by atoms with Crippen LogP contribution in [0.15, 0.2) is 52.6 Å². The normalized spacial score (nSPS) is 18.1. The minimum absolute atomic E-state index is 0.0180. The maximum absolute atomic E-state index is 13.4. The van der Waals surface area contributed by atoms with Gasteiger partial charge in [-0.05, 0) is 74.2 Å². The number of aryl methyl sites for hydroxylation is 2. The zero-order valence-corrected chi connectivity index (χ0v) is 22.6. The van der Waals surface area contributed by atoms with Crippen molar-refractivity contribution in [3.63, 3.8) is 0 Å². The van der Waals surface area contributed by atoms with Gasteiger partial charge in [0.25, 0.3) is 11.8 Å². The van der Waals surface area contributed by atoms with Gasteiger partial charge >= 0.3 is 6.03 Å². The Hall–Kier alpha value is -3.39. The molecule has 0 radical (unpaired) electrons. The van der Waals surface area contributed by atoms with Crippen molar-refractivity contribution in [2.75, 3.05) is 6.61 Å². The van der Waals surface area contributed by atoms with Crippen molar-refractivity contribution in [2.24, 2.45) is 0 Å². The van der Waals surface area contributed by atoms with Crippen LogP contribution >= 0.6 is 15.9 Å². The Morgan fingerprint density at radius 1 is 1.03 bits per heavy atom. The molecule has 1 aliphatic carbocycles. The topological polar surface area (TPSA) is 80.6 Å². The van der Waals surface area contributed by atoms with E-state index in [1.807, 2.05) is 42.6 Å². The summed E-state index contributed by atoms with van der Waals surface area (Å²) in [5.74, 6) is -0.354. The van der Waals surface area contributed by atoms with Crippen LogP contribution in [0.2, 0.25) is 0 Å². The quantitative estimate of drug-likeness (QED) is 0.299. The number of barbiturate groups is 1. The van der Waals surface area contributed by atoms with Crippen molar-refractivity contribution in [3.8, 4) is 5.75 Å². The third-order valence-corrected chi connectivity index (χ3v) is 7.82. The van der Waals surface area contributed by atoms with Gasteiger partial charge in [-0.25, -0.2) is 4.79 Å². The zero-order chi connectivity index (χ0) is 26.1. The molecule has 7 nitrogen and oxygen atoms in total. The van der Waals surface area contributed by atoms with Gasteiger partial charge in [0.1, 0.15) is 17.9 Å². The number of carbonyl (C=O) groups excluding carboxylic acids is 3. The van der Waals surface area contributed by atoms with Crippen molar-refractivity contribution in [1.82, 2.24) is 14.8 Å². The van der Waals surface area contributed by atoms with Crippen molar-refractivity contribution in [3.05, 3.63) is 69.3 Å². The lowest BCUT2D eigenvalue weighted by Crippen LogP contribution is -2.58. The van der Waals surface area contributed by atoms with E-state index in [1.165, 1.54) is 16.0 Å². The number of amides is 4. The van der Waals surface area contributed by atoms with E-state index in [9.17, 15) is 14.4 Å². The number of hydrogen-bond donors (Lipinski definition) is 1. The van der Waals surface area contributed by atoms with Crippen LogP contribution in [0.4, 0.5) is 4.79 Å².